The minimum Gasteiger partial charge on any atom is -0.463 e. The van der Waals surface area contributed by atoms with E-state index in [0.29, 0.717) is 31.9 Å². The van der Waals surface area contributed by atoms with Gasteiger partial charge in [0.15, 0.2) is 0 Å². The van der Waals surface area contributed by atoms with Crippen LogP contribution in [-0.2, 0) is 33.3 Å². The Balaban J connectivity index is 2.53. The number of nitrogens with one attached hydrogen (secondary N) is 3. The van der Waals surface area contributed by atoms with Crippen LogP contribution in [0.2, 0.25) is 0 Å². The van der Waals surface area contributed by atoms with Crippen molar-refractivity contribution < 1.29 is 42.9 Å². The first kappa shape index (κ1) is 37.0. The molecule has 0 spiro atoms. The summed E-state index contributed by atoms with van der Waals surface area (Å²) in [6.07, 6.45) is 1.79. The van der Waals surface area contributed by atoms with Crippen LogP contribution in [0.15, 0.2) is 16.6 Å². The number of piperidine rings is 1. The quantitative estimate of drug-likeness (QED) is 0.114. The van der Waals surface area contributed by atoms with Gasteiger partial charge >= 0.3 is 18.2 Å². The number of ether oxygens (including phenoxy) is 5. The van der Waals surface area contributed by atoms with Crippen LogP contribution in [0.25, 0.3) is 0 Å². The average Bonchev–Trinajstić information content (AvgIpc) is 2.87. The molecule has 1 saturated heterocycles. The van der Waals surface area contributed by atoms with Crippen molar-refractivity contribution in [3.63, 3.8) is 0 Å². The minimum absolute atomic E-state index is 0.0668. The van der Waals surface area contributed by atoms with E-state index in [2.05, 4.69) is 25.8 Å². The van der Waals surface area contributed by atoms with E-state index in [0.717, 1.165) is 12.8 Å². The van der Waals surface area contributed by atoms with Crippen molar-refractivity contribution in [1.82, 2.24) is 20.9 Å². The molecule has 44 heavy (non-hydrogen) atoms. The average molecular weight is 626 g/mol. The highest BCUT2D eigenvalue weighted by Crippen LogP contribution is 2.29. The van der Waals surface area contributed by atoms with Gasteiger partial charge in [-0.15, -0.1) is 0 Å². The van der Waals surface area contributed by atoms with Crippen LogP contribution in [0, 0.1) is 0 Å². The van der Waals surface area contributed by atoms with Gasteiger partial charge in [0.05, 0.1) is 44.1 Å². The molecule has 4 atom stereocenters. The van der Waals surface area contributed by atoms with E-state index >= 15 is 0 Å². The van der Waals surface area contributed by atoms with E-state index in [-0.39, 0.29) is 31.0 Å². The lowest BCUT2D eigenvalue weighted by atomic mass is 9.84. The van der Waals surface area contributed by atoms with Gasteiger partial charge in [0.1, 0.15) is 11.2 Å². The molecule has 3 N–H and O–H groups in total. The monoisotopic (exact) mass is 625 g/mol. The number of methoxy groups -OCH3 is 1. The number of aliphatic imine (C=N–C) groups is 1. The van der Waals surface area contributed by atoms with Crippen molar-refractivity contribution in [1.29, 1.82) is 0 Å². The standard InChI is InChI=1S/C30H51N5O9/c1-10-41-25(37)20-16-22(32-26(33-27(38)43-29(3,4)5)34-28(39)44-30(6,7)8)24(31-19(2)36)23(17-20)35-13-11-12-21(18-35)42-15-14-40-9/h17,21-24H,10-16,18H2,1-9H3,(H,31,36)(H2,32,33,34,38,39)/t21-,22+,23-,24-/m1/s1. The molecule has 250 valence electrons. The van der Waals surface area contributed by atoms with Crippen molar-refractivity contribution in [3.8, 4) is 0 Å². The second kappa shape index (κ2) is 16.7. The minimum atomic E-state index is -0.857. The largest absolute Gasteiger partial charge is 0.463 e. The van der Waals surface area contributed by atoms with E-state index < -0.39 is 47.5 Å². The fourth-order valence-electron chi connectivity index (χ4n) is 4.94. The van der Waals surface area contributed by atoms with Crippen LogP contribution in [-0.4, -0.2) is 110 Å². The number of hydrogen-bond donors (Lipinski definition) is 3. The Morgan fingerprint density at radius 2 is 1.61 bits per heavy atom. The maximum absolute atomic E-state index is 13.0. The summed E-state index contributed by atoms with van der Waals surface area (Å²) in [5.74, 6) is -1.07. The molecule has 0 aromatic heterocycles. The van der Waals surface area contributed by atoms with Crippen molar-refractivity contribution in [2.24, 2.45) is 4.99 Å². The van der Waals surface area contributed by atoms with Gasteiger partial charge in [-0.3, -0.25) is 20.3 Å². The van der Waals surface area contributed by atoms with Crippen LogP contribution < -0.4 is 16.0 Å². The summed E-state index contributed by atoms with van der Waals surface area (Å²) in [7, 11) is 1.61. The Kier molecular flexibility index (Phi) is 14.1. The molecule has 1 aliphatic heterocycles. The normalized spacial score (nSPS) is 22.6. The molecule has 1 fully saturated rings. The van der Waals surface area contributed by atoms with Crippen LogP contribution in [0.4, 0.5) is 9.59 Å². The number of guanidine groups is 1. The Bertz CT molecular complexity index is 1030. The van der Waals surface area contributed by atoms with E-state index in [1.807, 2.05) is 6.08 Å². The van der Waals surface area contributed by atoms with Gasteiger partial charge in [0.25, 0.3) is 0 Å². The molecule has 0 bridgehead atoms. The summed E-state index contributed by atoms with van der Waals surface area (Å²) in [5.41, 5.74) is -1.29. The van der Waals surface area contributed by atoms with Gasteiger partial charge in [-0.25, -0.2) is 19.4 Å². The summed E-state index contributed by atoms with van der Waals surface area (Å²) < 4.78 is 27.2. The molecule has 2 rings (SSSR count). The number of amides is 3. The van der Waals surface area contributed by atoms with E-state index in [1.54, 1.807) is 55.6 Å². The zero-order valence-electron chi connectivity index (χ0n) is 27.6. The summed E-state index contributed by atoms with van der Waals surface area (Å²) in [5, 5.41) is 7.98. The highest BCUT2D eigenvalue weighted by molar-refractivity contribution is 6.01. The number of nitrogens with zero attached hydrogens (tertiary/aromatic N) is 2. The number of esters is 1. The van der Waals surface area contributed by atoms with Crippen molar-refractivity contribution in [2.75, 3.05) is 40.0 Å². The summed E-state index contributed by atoms with van der Waals surface area (Å²) >= 11 is 0. The predicted octanol–water partition coefficient (Wildman–Crippen LogP) is 2.65. The molecule has 0 unspecified atom stereocenters. The molecule has 0 radical (unpaired) electrons. The molecule has 0 aromatic rings. The third kappa shape index (κ3) is 13.2. The number of carbonyl (C=O) groups excluding carboxylic acids is 4. The lowest BCUT2D eigenvalue weighted by Gasteiger charge is -2.44. The molecule has 1 aliphatic carbocycles. The van der Waals surface area contributed by atoms with Crippen LogP contribution >= 0.6 is 0 Å². The van der Waals surface area contributed by atoms with Crippen molar-refractivity contribution in [2.45, 2.75) is 110 Å². The van der Waals surface area contributed by atoms with E-state index in [9.17, 15) is 19.2 Å². The lowest BCUT2D eigenvalue weighted by molar-refractivity contribution is -0.139. The summed E-state index contributed by atoms with van der Waals surface area (Å²) in [6.45, 7) is 15.6. The van der Waals surface area contributed by atoms with Crippen LogP contribution in [0.5, 0.6) is 0 Å². The summed E-state index contributed by atoms with van der Waals surface area (Å²) in [6, 6.07) is -1.92. The fraction of sp³-hybridized carbons (Fsp3) is 0.767. The van der Waals surface area contributed by atoms with Crippen LogP contribution in [0.3, 0.4) is 0 Å². The maximum Gasteiger partial charge on any atom is 0.414 e. The first-order valence-electron chi connectivity index (χ1n) is 15.1. The Hall–Kier alpha value is -3.23. The molecular formula is C30H51N5O9. The zero-order valence-corrected chi connectivity index (χ0v) is 27.6. The maximum atomic E-state index is 13.0. The number of carbonyl (C=O) groups is 4. The number of likely N-dealkylation sites (tertiary alicyclic amines) is 1. The predicted molar refractivity (Wildman–Crippen MR) is 163 cm³/mol. The van der Waals surface area contributed by atoms with Gasteiger partial charge in [-0.1, -0.05) is 6.08 Å². The molecule has 3 amide bonds. The topological polar surface area (TPSA) is 166 Å². The van der Waals surface area contributed by atoms with E-state index in [4.69, 9.17) is 23.7 Å². The van der Waals surface area contributed by atoms with Crippen LogP contribution in [0.1, 0.15) is 74.7 Å². The third-order valence-corrected chi connectivity index (χ3v) is 6.50. The van der Waals surface area contributed by atoms with Gasteiger partial charge in [-0.05, 0) is 67.9 Å². The third-order valence-electron chi connectivity index (χ3n) is 6.50. The molecule has 0 saturated carbocycles. The highest BCUT2D eigenvalue weighted by atomic mass is 16.6. The van der Waals surface area contributed by atoms with Gasteiger partial charge in [-0.2, -0.15) is 0 Å². The zero-order chi connectivity index (χ0) is 33.1. The fourth-order valence-corrected chi connectivity index (χ4v) is 4.94. The number of rotatable bonds is 9. The molecule has 0 aromatic carbocycles. The number of hydrogen-bond acceptors (Lipinski definition) is 11. The number of alkyl carbamates (subject to hydrolysis) is 2. The SMILES string of the molecule is CCOC(=O)C1=C[C@@H](N2CCC[C@@H](OCCOC)C2)[C@H](NC(C)=O)[C@@H](N=C(NC(=O)OC(C)(C)C)NC(=O)OC(C)(C)C)C1. The van der Waals surface area contributed by atoms with Gasteiger partial charge in [0.2, 0.25) is 11.9 Å². The lowest BCUT2D eigenvalue weighted by Crippen LogP contribution is -2.60. The molecule has 1 heterocycles. The van der Waals surface area contributed by atoms with E-state index in [1.165, 1.54) is 6.92 Å². The molecule has 2 aliphatic rings. The first-order chi connectivity index (χ1) is 20.5. The molecule has 14 heteroatoms. The van der Waals surface area contributed by atoms with Gasteiger partial charge < -0.3 is 29.0 Å². The first-order valence-corrected chi connectivity index (χ1v) is 15.1. The Labute approximate surface area is 260 Å². The van der Waals surface area contributed by atoms with Crippen molar-refractivity contribution >= 4 is 30.0 Å². The van der Waals surface area contributed by atoms with Gasteiger partial charge in [0, 0.05) is 32.6 Å². The highest BCUT2D eigenvalue weighted by Gasteiger charge is 2.41. The smallest absolute Gasteiger partial charge is 0.414 e. The van der Waals surface area contributed by atoms with Crippen molar-refractivity contribution in [3.05, 3.63) is 11.6 Å². The summed E-state index contributed by atoms with van der Waals surface area (Å²) in [4.78, 5) is 57.9. The second-order valence-corrected chi connectivity index (χ2v) is 12.8. The Morgan fingerprint density at radius 1 is 1.00 bits per heavy atom. The Morgan fingerprint density at radius 3 is 2.14 bits per heavy atom. The second-order valence-electron chi connectivity index (χ2n) is 12.8. The molecule has 14 nitrogen and oxygen atoms in total. The molecular weight excluding hydrogens is 574 g/mol.